The predicted molar refractivity (Wildman–Crippen MR) is 83.5 cm³/mol. The fraction of sp³-hybridized carbons (Fsp3) is 0.538. The first kappa shape index (κ1) is 18.1. The summed E-state index contributed by atoms with van der Waals surface area (Å²) in [5.41, 5.74) is 1.90. The Morgan fingerprint density at radius 1 is 1.19 bits per heavy atom. The molecule has 21 heavy (non-hydrogen) atoms. The normalized spacial score (nSPS) is 12.8. The van der Waals surface area contributed by atoms with Crippen molar-refractivity contribution < 1.29 is 16.8 Å². The zero-order valence-corrected chi connectivity index (χ0v) is 14.4. The Hall–Kier alpha value is -0.960. The van der Waals surface area contributed by atoms with Crippen LogP contribution in [0, 0.1) is 6.92 Å². The third-order valence-electron chi connectivity index (χ3n) is 3.17. The first-order valence-electron chi connectivity index (χ1n) is 6.46. The Kier molecular flexibility index (Phi) is 5.92. The molecule has 0 aromatic heterocycles. The van der Waals surface area contributed by atoms with Crippen LogP contribution < -0.4 is 5.32 Å². The van der Waals surface area contributed by atoms with E-state index in [-0.39, 0.29) is 17.2 Å². The number of rotatable bonds is 7. The summed E-state index contributed by atoms with van der Waals surface area (Å²) in [6, 6.07) is 4.92. The van der Waals surface area contributed by atoms with E-state index in [1.807, 2.05) is 6.92 Å². The minimum atomic E-state index is -3.68. The minimum absolute atomic E-state index is 0.0591. The van der Waals surface area contributed by atoms with E-state index in [2.05, 4.69) is 5.32 Å². The molecule has 8 heteroatoms. The van der Waals surface area contributed by atoms with Gasteiger partial charge in [0, 0.05) is 26.4 Å². The molecule has 0 saturated carbocycles. The SMILES string of the molecule is CNCc1cc(S(=O)(=O)N(C)CCS(C)(=O)=O)ccc1C. The van der Waals surface area contributed by atoms with Crippen LogP contribution in [0.25, 0.3) is 0 Å². The molecule has 1 aromatic carbocycles. The highest BCUT2D eigenvalue weighted by molar-refractivity contribution is 7.91. The topological polar surface area (TPSA) is 83.6 Å². The fourth-order valence-electron chi connectivity index (χ4n) is 1.78. The zero-order chi connectivity index (χ0) is 16.3. The Balaban J connectivity index is 3.04. The van der Waals surface area contributed by atoms with Crippen LogP contribution in [0.15, 0.2) is 23.1 Å². The lowest BCUT2D eigenvalue weighted by Gasteiger charge is -2.18. The maximum absolute atomic E-state index is 12.4. The molecular weight excluding hydrogens is 312 g/mol. The predicted octanol–water partition coefficient (Wildman–Crippen LogP) is 0.380. The van der Waals surface area contributed by atoms with Crippen LogP contribution >= 0.6 is 0 Å². The van der Waals surface area contributed by atoms with Gasteiger partial charge in [0.15, 0.2) is 0 Å². The molecule has 0 aliphatic carbocycles. The first-order chi connectivity index (χ1) is 9.58. The molecule has 0 saturated heterocycles. The molecule has 0 radical (unpaired) electrons. The maximum atomic E-state index is 12.4. The number of nitrogens with one attached hydrogen (secondary N) is 1. The van der Waals surface area contributed by atoms with Gasteiger partial charge in [0.1, 0.15) is 9.84 Å². The molecule has 0 heterocycles. The zero-order valence-electron chi connectivity index (χ0n) is 12.8. The van der Waals surface area contributed by atoms with Gasteiger partial charge >= 0.3 is 0 Å². The number of sulfonamides is 1. The molecule has 1 aromatic rings. The van der Waals surface area contributed by atoms with Crippen LogP contribution in [0.4, 0.5) is 0 Å². The summed E-state index contributed by atoms with van der Waals surface area (Å²) < 4.78 is 48.2. The third kappa shape index (κ3) is 5.06. The van der Waals surface area contributed by atoms with E-state index in [0.29, 0.717) is 6.54 Å². The van der Waals surface area contributed by atoms with Crippen molar-refractivity contribution in [2.75, 3.05) is 32.6 Å². The van der Waals surface area contributed by atoms with E-state index in [9.17, 15) is 16.8 Å². The Labute approximate surface area is 127 Å². The van der Waals surface area contributed by atoms with Gasteiger partial charge in [-0.15, -0.1) is 0 Å². The fourth-order valence-corrected chi connectivity index (χ4v) is 3.73. The van der Waals surface area contributed by atoms with E-state index < -0.39 is 19.9 Å². The van der Waals surface area contributed by atoms with Gasteiger partial charge in [-0.25, -0.2) is 16.8 Å². The van der Waals surface area contributed by atoms with Gasteiger partial charge in [0.05, 0.1) is 10.6 Å². The standard InChI is InChI=1S/C13H22N2O4S2/c1-11-5-6-13(9-12(11)10-14-2)21(18,19)15(3)7-8-20(4,16)17/h5-6,9,14H,7-8,10H2,1-4H3. The lowest BCUT2D eigenvalue weighted by Crippen LogP contribution is -2.31. The van der Waals surface area contributed by atoms with Crippen molar-refractivity contribution in [1.29, 1.82) is 0 Å². The lowest BCUT2D eigenvalue weighted by molar-refractivity contribution is 0.484. The molecule has 0 bridgehead atoms. The van der Waals surface area contributed by atoms with Gasteiger partial charge in [-0.1, -0.05) is 6.07 Å². The van der Waals surface area contributed by atoms with Crippen LogP contribution in [-0.2, 0) is 26.4 Å². The van der Waals surface area contributed by atoms with Crippen molar-refractivity contribution >= 4 is 19.9 Å². The highest BCUT2D eigenvalue weighted by atomic mass is 32.2. The summed E-state index contributed by atoms with van der Waals surface area (Å²) in [5, 5.41) is 2.99. The summed E-state index contributed by atoms with van der Waals surface area (Å²) in [5.74, 6) is -0.196. The number of hydrogen-bond acceptors (Lipinski definition) is 5. The van der Waals surface area contributed by atoms with Gasteiger partial charge in [0.2, 0.25) is 10.0 Å². The minimum Gasteiger partial charge on any atom is -0.316 e. The lowest BCUT2D eigenvalue weighted by atomic mass is 10.1. The van der Waals surface area contributed by atoms with Crippen molar-refractivity contribution in [3.63, 3.8) is 0 Å². The third-order valence-corrected chi connectivity index (χ3v) is 5.95. The second-order valence-electron chi connectivity index (χ2n) is 5.08. The Morgan fingerprint density at radius 2 is 1.81 bits per heavy atom. The summed E-state index contributed by atoms with van der Waals surface area (Å²) in [7, 11) is -3.70. The molecule has 0 spiro atoms. The molecule has 0 aliphatic heterocycles. The molecule has 6 nitrogen and oxygen atoms in total. The average Bonchev–Trinajstić information content (AvgIpc) is 2.37. The van der Waals surface area contributed by atoms with Crippen molar-refractivity contribution in [2.45, 2.75) is 18.4 Å². The number of nitrogens with zero attached hydrogens (tertiary/aromatic N) is 1. The van der Waals surface area contributed by atoms with Crippen molar-refractivity contribution in [1.82, 2.24) is 9.62 Å². The van der Waals surface area contributed by atoms with Crippen LogP contribution in [0.1, 0.15) is 11.1 Å². The van der Waals surface area contributed by atoms with Gasteiger partial charge < -0.3 is 5.32 Å². The summed E-state index contributed by atoms with van der Waals surface area (Å²) >= 11 is 0. The smallest absolute Gasteiger partial charge is 0.242 e. The molecule has 0 fully saturated rings. The van der Waals surface area contributed by atoms with Gasteiger partial charge in [-0.05, 0) is 37.2 Å². The van der Waals surface area contributed by atoms with E-state index in [1.54, 1.807) is 25.2 Å². The summed E-state index contributed by atoms with van der Waals surface area (Å²) in [6.45, 7) is 2.43. The Bertz CT molecular complexity index is 697. The van der Waals surface area contributed by atoms with Crippen molar-refractivity contribution in [3.8, 4) is 0 Å². The van der Waals surface area contributed by atoms with E-state index in [4.69, 9.17) is 0 Å². The molecule has 1 rings (SSSR count). The highest BCUT2D eigenvalue weighted by Crippen LogP contribution is 2.18. The van der Waals surface area contributed by atoms with E-state index in [1.165, 1.54) is 7.05 Å². The molecule has 0 atom stereocenters. The number of aryl methyl sites for hydroxylation is 1. The van der Waals surface area contributed by atoms with Crippen LogP contribution in [0.5, 0.6) is 0 Å². The molecule has 120 valence electrons. The molecular formula is C13H22N2O4S2. The summed E-state index contributed by atoms with van der Waals surface area (Å²) in [6.07, 6.45) is 1.09. The molecule has 0 aliphatic rings. The van der Waals surface area contributed by atoms with Crippen LogP contribution in [-0.4, -0.2) is 53.8 Å². The van der Waals surface area contributed by atoms with Crippen molar-refractivity contribution in [3.05, 3.63) is 29.3 Å². The van der Waals surface area contributed by atoms with Crippen LogP contribution in [0.3, 0.4) is 0 Å². The molecule has 1 N–H and O–H groups in total. The molecule has 0 unspecified atom stereocenters. The quantitative estimate of drug-likeness (QED) is 0.779. The van der Waals surface area contributed by atoms with Crippen molar-refractivity contribution in [2.24, 2.45) is 0 Å². The second kappa shape index (κ2) is 6.87. The molecule has 0 amide bonds. The monoisotopic (exact) mass is 334 g/mol. The van der Waals surface area contributed by atoms with Crippen LogP contribution in [0.2, 0.25) is 0 Å². The summed E-state index contributed by atoms with van der Waals surface area (Å²) in [4.78, 5) is 0.175. The van der Waals surface area contributed by atoms with Gasteiger partial charge in [-0.3, -0.25) is 0 Å². The first-order valence-corrected chi connectivity index (χ1v) is 9.96. The van der Waals surface area contributed by atoms with E-state index >= 15 is 0 Å². The van der Waals surface area contributed by atoms with Gasteiger partial charge in [0.25, 0.3) is 0 Å². The average molecular weight is 334 g/mol. The highest BCUT2D eigenvalue weighted by Gasteiger charge is 2.22. The number of sulfone groups is 1. The Morgan fingerprint density at radius 3 is 2.33 bits per heavy atom. The largest absolute Gasteiger partial charge is 0.316 e. The van der Waals surface area contributed by atoms with Gasteiger partial charge in [-0.2, -0.15) is 4.31 Å². The maximum Gasteiger partial charge on any atom is 0.242 e. The number of hydrogen-bond donors (Lipinski definition) is 1. The number of benzene rings is 1. The second-order valence-corrected chi connectivity index (χ2v) is 9.38. The van der Waals surface area contributed by atoms with E-state index in [0.717, 1.165) is 21.7 Å².